The van der Waals surface area contributed by atoms with E-state index in [1.54, 1.807) is 63.4 Å². The highest BCUT2D eigenvalue weighted by Crippen LogP contribution is 2.24. The van der Waals surface area contributed by atoms with E-state index in [4.69, 9.17) is 9.26 Å². The lowest BCUT2D eigenvalue weighted by Gasteiger charge is -2.13. The van der Waals surface area contributed by atoms with E-state index < -0.39 is 5.56 Å². The molecular weight excluding hydrogens is 439 g/mol. The molecule has 2 aromatic carbocycles. The second-order valence-corrected chi connectivity index (χ2v) is 7.79. The predicted octanol–water partition coefficient (Wildman–Crippen LogP) is 3.65. The molecule has 0 aliphatic carbocycles. The van der Waals surface area contributed by atoms with Gasteiger partial charge in [-0.25, -0.2) is 4.39 Å². The number of methoxy groups -OCH3 is 1. The Hall–Kier alpha value is -4.27. The largest absolute Gasteiger partial charge is 0.497 e. The number of nitrogens with one attached hydrogen (secondary N) is 1. The minimum Gasteiger partial charge on any atom is -0.497 e. The Morgan fingerprint density at radius 1 is 1.12 bits per heavy atom. The first-order chi connectivity index (χ1) is 16.4. The number of hydrogen-bond donors (Lipinski definition) is 1. The summed E-state index contributed by atoms with van der Waals surface area (Å²) in [5, 5.41) is 6.75. The van der Waals surface area contributed by atoms with Crippen LogP contribution in [-0.4, -0.2) is 27.7 Å². The maximum Gasteiger partial charge on any atom is 0.264 e. The van der Waals surface area contributed by atoms with Gasteiger partial charge < -0.3 is 19.1 Å². The summed E-state index contributed by atoms with van der Waals surface area (Å²) in [6, 6.07) is 14.8. The number of aromatic nitrogens is 3. The summed E-state index contributed by atoms with van der Waals surface area (Å²) < 4.78 is 25.0. The van der Waals surface area contributed by atoms with Gasteiger partial charge >= 0.3 is 0 Å². The van der Waals surface area contributed by atoms with Gasteiger partial charge in [-0.15, -0.1) is 0 Å². The molecule has 0 aliphatic rings. The van der Waals surface area contributed by atoms with Crippen molar-refractivity contribution in [3.05, 3.63) is 87.6 Å². The van der Waals surface area contributed by atoms with E-state index in [1.165, 1.54) is 16.7 Å². The lowest BCUT2D eigenvalue weighted by Crippen LogP contribution is -2.34. The SMILES string of the molecule is COc1ccc(-c2noc(-c3c(C)cc(C)n(CC(=O)NCc4ccc(F)cc4)c3=O)n2)cc1. The molecule has 8 nitrogen and oxygen atoms in total. The average molecular weight is 462 g/mol. The number of benzene rings is 2. The summed E-state index contributed by atoms with van der Waals surface area (Å²) in [4.78, 5) is 30.2. The molecule has 0 aliphatic heterocycles. The Bertz CT molecular complexity index is 1380. The molecule has 34 heavy (non-hydrogen) atoms. The lowest BCUT2D eigenvalue weighted by molar-refractivity contribution is -0.121. The highest BCUT2D eigenvalue weighted by molar-refractivity contribution is 5.76. The Morgan fingerprint density at radius 2 is 1.82 bits per heavy atom. The first kappa shape index (κ1) is 22.9. The zero-order valence-electron chi connectivity index (χ0n) is 19.0. The van der Waals surface area contributed by atoms with E-state index in [9.17, 15) is 14.0 Å². The number of carbonyl (C=O) groups excluding carboxylic acids is 1. The van der Waals surface area contributed by atoms with E-state index in [0.717, 1.165) is 5.56 Å². The Labute approximate surface area is 195 Å². The van der Waals surface area contributed by atoms with Crippen molar-refractivity contribution in [3.63, 3.8) is 0 Å². The third-order valence-corrected chi connectivity index (χ3v) is 5.40. The maximum absolute atomic E-state index is 13.3. The zero-order chi connectivity index (χ0) is 24.2. The Balaban J connectivity index is 1.56. The quantitative estimate of drug-likeness (QED) is 0.450. The number of aryl methyl sites for hydroxylation is 2. The Morgan fingerprint density at radius 3 is 2.50 bits per heavy atom. The summed E-state index contributed by atoms with van der Waals surface area (Å²) >= 11 is 0. The fourth-order valence-electron chi connectivity index (χ4n) is 3.57. The molecule has 0 spiro atoms. The molecule has 0 saturated carbocycles. The van der Waals surface area contributed by atoms with Gasteiger partial charge in [0.2, 0.25) is 11.7 Å². The minimum absolute atomic E-state index is 0.0776. The average Bonchev–Trinajstić information content (AvgIpc) is 3.31. The van der Waals surface area contributed by atoms with Crippen LogP contribution in [0, 0.1) is 19.7 Å². The minimum atomic E-state index is -0.403. The third-order valence-electron chi connectivity index (χ3n) is 5.40. The van der Waals surface area contributed by atoms with Crippen molar-refractivity contribution in [1.82, 2.24) is 20.0 Å². The molecule has 4 aromatic rings. The smallest absolute Gasteiger partial charge is 0.264 e. The van der Waals surface area contributed by atoms with Gasteiger partial charge in [0.25, 0.3) is 11.4 Å². The number of amides is 1. The molecule has 2 aromatic heterocycles. The molecular formula is C25H23FN4O4. The highest BCUT2D eigenvalue weighted by Gasteiger charge is 2.20. The van der Waals surface area contributed by atoms with Crippen LogP contribution in [-0.2, 0) is 17.9 Å². The standard InChI is InChI=1S/C25H23FN4O4/c1-15-12-16(2)30(14-21(31)27-13-17-4-8-19(26)9-5-17)25(32)22(15)24-28-23(29-34-24)18-6-10-20(33-3)11-7-18/h4-12H,13-14H2,1-3H3,(H,27,31). The summed E-state index contributed by atoms with van der Waals surface area (Å²) in [6.07, 6.45) is 0. The van der Waals surface area contributed by atoms with E-state index in [1.807, 2.05) is 0 Å². The van der Waals surface area contributed by atoms with E-state index >= 15 is 0 Å². The van der Waals surface area contributed by atoms with Gasteiger partial charge in [0.1, 0.15) is 23.7 Å². The van der Waals surface area contributed by atoms with Gasteiger partial charge in [0.15, 0.2) is 0 Å². The molecule has 1 N–H and O–H groups in total. The van der Waals surface area contributed by atoms with E-state index in [2.05, 4.69) is 15.5 Å². The van der Waals surface area contributed by atoms with Crippen molar-refractivity contribution in [2.24, 2.45) is 0 Å². The molecule has 0 radical (unpaired) electrons. The van der Waals surface area contributed by atoms with Gasteiger partial charge in [-0.05, 0) is 67.4 Å². The van der Waals surface area contributed by atoms with Crippen molar-refractivity contribution >= 4 is 5.91 Å². The normalized spacial score (nSPS) is 10.8. The van der Waals surface area contributed by atoms with Crippen LogP contribution < -0.4 is 15.6 Å². The first-order valence-corrected chi connectivity index (χ1v) is 10.6. The van der Waals surface area contributed by atoms with Crippen LogP contribution in [0.4, 0.5) is 4.39 Å². The summed E-state index contributed by atoms with van der Waals surface area (Å²) in [7, 11) is 1.58. The van der Waals surface area contributed by atoms with Crippen molar-refractivity contribution < 1.29 is 18.4 Å². The molecule has 0 saturated heterocycles. The van der Waals surface area contributed by atoms with E-state index in [-0.39, 0.29) is 36.3 Å². The van der Waals surface area contributed by atoms with Crippen LogP contribution in [0.5, 0.6) is 5.75 Å². The van der Waals surface area contributed by atoms with Crippen molar-refractivity contribution in [2.75, 3.05) is 7.11 Å². The van der Waals surface area contributed by atoms with Crippen molar-refractivity contribution in [2.45, 2.75) is 26.9 Å². The maximum atomic E-state index is 13.3. The number of halogens is 1. The van der Waals surface area contributed by atoms with Crippen LogP contribution in [0.3, 0.4) is 0 Å². The zero-order valence-corrected chi connectivity index (χ0v) is 19.0. The first-order valence-electron chi connectivity index (χ1n) is 10.6. The molecule has 0 bridgehead atoms. The second-order valence-electron chi connectivity index (χ2n) is 7.79. The number of rotatable bonds is 7. The van der Waals surface area contributed by atoms with Crippen LogP contribution >= 0.6 is 0 Å². The van der Waals surface area contributed by atoms with Crippen LogP contribution in [0.25, 0.3) is 22.8 Å². The van der Waals surface area contributed by atoms with Crippen LogP contribution in [0.1, 0.15) is 16.8 Å². The fourth-order valence-corrected chi connectivity index (χ4v) is 3.57. The van der Waals surface area contributed by atoms with Gasteiger partial charge in [0, 0.05) is 17.8 Å². The molecule has 1 amide bonds. The van der Waals surface area contributed by atoms with Gasteiger partial charge in [-0.3, -0.25) is 9.59 Å². The monoisotopic (exact) mass is 462 g/mol. The molecule has 9 heteroatoms. The number of carbonyl (C=O) groups is 1. The van der Waals surface area contributed by atoms with Crippen LogP contribution in [0.15, 0.2) is 63.9 Å². The third kappa shape index (κ3) is 4.88. The predicted molar refractivity (Wildman–Crippen MR) is 124 cm³/mol. The summed E-state index contributed by atoms with van der Waals surface area (Å²) in [5.41, 5.74) is 2.58. The van der Waals surface area contributed by atoms with Crippen LogP contribution in [0.2, 0.25) is 0 Å². The van der Waals surface area contributed by atoms with Crippen molar-refractivity contribution in [1.29, 1.82) is 0 Å². The summed E-state index contributed by atoms with van der Waals surface area (Å²) in [6.45, 7) is 3.57. The molecule has 174 valence electrons. The second kappa shape index (κ2) is 9.70. The van der Waals surface area contributed by atoms with Gasteiger partial charge in [0.05, 0.1) is 7.11 Å². The number of nitrogens with zero attached hydrogens (tertiary/aromatic N) is 3. The lowest BCUT2D eigenvalue weighted by atomic mass is 10.1. The number of pyridine rings is 1. The summed E-state index contributed by atoms with van der Waals surface area (Å²) in [5.74, 6) is 0.409. The molecule has 4 rings (SSSR count). The topological polar surface area (TPSA) is 99.3 Å². The van der Waals surface area contributed by atoms with Gasteiger partial charge in [-0.2, -0.15) is 4.98 Å². The molecule has 2 heterocycles. The molecule has 0 unspecified atom stereocenters. The van der Waals surface area contributed by atoms with E-state index in [0.29, 0.717) is 28.4 Å². The molecule has 0 atom stereocenters. The molecule has 0 fully saturated rings. The number of ether oxygens (including phenoxy) is 1. The van der Waals surface area contributed by atoms with Crippen molar-refractivity contribution in [3.8, 4) is 28.6 Å². The highest BCUT2D eigenvalue weighted by atomic mass is 19.1. The Kier molecular flexibility index (Phi) is 6.53. The van der Waals surface area contributed by atoms with Gasteiger partial charge in [-0.1, -0.05) is 17.3 Å². The number of hydrogen-bond acceptors (Lipinski definition) is 6. The fraction of sp³-hybridized carbons (Fsp3) is 0.200.